The molecular weight excluding hydrogens is 304 g/mol. The van der Waals surface area contributed by atoms with Crippen molar-refractivity contribution in [1.29, 1.82) is 0 Å². The number of halogens is 1. The molecule has 1 aromatic carbocycles. The maximum Gasteiger partial charge on any atom is 0.253 e. The lowest BCUT2D eigenvalue weighted by atomic mass is 10.0. The van der Waals surface area contributed by atoms with Gasteiger partial charge in [-0.3, -0.25) is 4.79 Å². The fraction of sp³-hybridized carbons (Fsp3) is 0.533. The number of rotatable bonds is 5. The van der Waals surface area contributed by atoms with Crippen LogP contribution in [0.3, 0.4) is 0 Å². The van der Waals surface area contributed by atoms with Crippen LogP contribution >= 0.6 is 15.9 Å². The second kappa shape index (κ2) is 7.06. The van der Waals surface area contributed by atoms with Gasteiger partial charge in [0, 0.05) is 29.7 Å². The average Bonchev–Trinajstić information content (AvgIpc) is 2.33. The highest BCUT2D eigenvalue weighted by atomic mass is 79.9. The molecule has 1 atom stereocenters. The van der Waals surface area contributed by atoms with Crippen LogP contribution in [-0.2, 0) is 0 Å². The number of hydrogen-bond acceptors (Lipinski definition) is 2. The summed E-state index contributed by atoms with van der Waals surface area (Å²) in [4.78, 5) is 14.0. The normalized spacial score (nSPS) is 12.6. The van der Waals surface area contributed by atoms with Crippen LogP contribution in [0.25, 0.3) is 0 Å². The van der Waals surface area contributed by atoms with Gasteiger partial charge in [0.2, 0.25) is 0 Å². The van der Waals surface area contributed by atoms with Crippen LogP contribution in [0.2, 0.25) is 0 Å². The summed E-state index contributed by atoms with van der Waals surface area (Å²) in [6.07, 6.45) is 0.826. The largest absolute Gasteiger partial charge is 0.342 e. The standard InChI is InChI=1S/C15H23BrN2O/c1-10(2)14(17)5-6-18(4)15(19)12-7-11(3)8-13(16)9-12/h7-10,14H,5-6,17H2,1-4H3. The lowest BCUT2D eigenvalue weighted by Gasteiger charge is -2.21. The van der Waals surface area contributed by atoms with Gasteiger partial charge in [-0.15, -0.1) is 0 Å². The molecule has 0 radical (unpaired) electrons. The Kier molecular flexibility index (Phi) is 6.01. The van der Waals surface area contributed by atoms with Crippen LogP contribution in [0.5, 0.6) is 0 Å². The molecule has 2 N–H and O–H groups in total. The van der Waals surface area contributed by atoms with Crippen molar-refractivity contribution >= 4 is 21.8 Å². The zero-order valence-electron chi connectivity index (χ0n) is 12.1. The predicted octanol–water partition coefficient (Wildman–Crippen LogP) is 3.20. The van der Waals surface area contributed by atoms with Gasteiger partial charge in [0.05, 0.1) is 0 Å². The van der Waals surface area contributed by atoms with Crippen molar-refractivity contribution < 1.29 is 4.79 Å². The zero-order valence-corrected chi connectivity index (χ0v) is 13.7. The van der Waals surface area contributed by atoms with E-state index in [1.807, 2.05) is 32.2 Å². The number of carbonyl (C=O) groups excluding carboxylic acids is 1. The third-order valence-electron chi connectivity index (χ3n) is 3.29. The number of hydrogen-bond donors (Lipinski definition) is 1. The van der Waals surface area contributed by atoms with E-state index in [2.05, 4.69) is 29.8 Å². The Hall–Kier alpha value is -0.870. The van der Waals surface area contributed by atoms with Crippen molar-refractivity contribution in [3.63, 3.8) is 0 Å². The van der Waals surface area contributed by atoms with Crippen molar-refractivity contribution in [3.05, 3.63) is 33.8 Å². The molecule has 0 fully saturated rings. The number of nitrogens with two attached hydrogens (primary N) is 1. The van der Waals surface area contributed by atoms with Gasteiger partial charge in [-0.2, -0.15) is 0 Å². The van der Waals surface area contributed by atoms with Crippen molar-refractivity contribution in [2.24, 2.45) is 11.7 Å². The summed E-state index contributed by atoms with van der Waals surface area (Å²) in [6, 6.07) is 5.89. The summed E-state index contributed by atoms with van der Waals surface area (Å²) in [6.45, 7) is 6.87. The number of benzene rings is 1. The number of amides is 1. The first-order valence-electron chi connectivity index (χ1n) is 6.59. The Balaban J connectivity index is 2.66. The number of carbonyl (C=O) groups is 1. The fourth-order valence-electron chi connectivity index (χ4n) is 1.86. The minimum atomic E-state index is 0.0420. The molecule has 1 amide bonds. The van der Waals surface area contributed by atoms with Gasteiger partial charge < -0.3 is 10.6 Å². The van der Waals surface area contributed by atoms with Crippen LogP contribution in [0.1, 0.15) is 36.2 Å². The summed E-state index contributed by atoms with van der Waals surface area (Å²) < 4.78 is 0.933. The highest BCUT2D eigenvalue weighted by Gasteiger charge is 2.15. The summed E-state index contributed by atoms with van der Waals surface area (Å²) in [7, 11) is 1.83. The van der Waals surface area contributed by atoms with E-state index in [0.717, 1.165) is 16.5 Å². The monoisotopic (exact) mass is 326 g/mol. The van der Waals surface area contributed by atoms with Crippen LogP contribution in [0, 0.1) is 12.8 Å². The highest BCUT2D eigenvalue weighted by molar-refractivity contribution is 9.10. The van der Waals surface area contributed by atoms with Gasteiger partial charge >= 0.3 is 0 Å². The second-order valence-electron chi connectivity index (χ2n) is 5.44. The Bertz CT molecular complexity index is 426. The molecule has 0 saturated heterocycles. The summed E-state index contributed by atoms with van der Waals surface area (Å²) >= 11 is 3.42. The summed E-state index contributed by atoms with van der Waals surface area (Å²) in [5, 5.41) is 0. The molecule has 0 aliphatic heterocycles. The molecule has 0 bridgehead atoms. The maximum atomic E-state index is 12.3. The van der Waals surface area contributed by atoms with Crippen LogP contribution in [0.4, 0.5) is 0 Å². The average molecular weight is 327 g/mol. The molecule has 0 heterocycles. The highest BCUT2D eigenvalue weighted by Crippen LogP contribution is 2.16. The molecule has 0 aliphatic rings. The van der Waals surface area contributed by atoms with Crippen LogP contribution in [-0.4, -0.2) is 30.4 Å². The van der Waals surface area contributed by atoms with Crippen molar-refractivity contribution in [2.45, 2.75) is 33.2 Å². The van der Waals surface area contributed by atoms with E-state index in [9.17, 15) is 4.79 Å². The minimum Gasteiger partial charge on any atom is -0.342 e. The first-order chi connectivity index (χ1) is 8.81. The number of nitrogens with zero attached hydrogens (tertiary/aromatic N) is 1. The molecule has 1 aromatic rings. The van der Waals surface area contributed by atoms with Gasteiger partial charge in [-0.05, 0) is 43.0 Å². The SMILES string of the molecule is Cc1cc(Br)cc(C(=O)N(C)CCC(N)C(C)C)c1. The topological polar surface area (TPSA) is 46.3 Å². The van der Waals surface area contributed by atoms with Gasteiger partial charge in [0.1, 0.15) is 0 Å². The van der Waals surface area contributed by atoms with Crippen LogP contribution < -0.4 is 5.73 Å². The fourth-order valence-corrected chi connectivity index (χ4v) is 2.47. The molecule has 1 rings (SSSR count). The molecule has 0 spiro atoms. The Morgan fingerprint density at radius 3 is 2.53 bits per heavy atom. The smallest absolute Gasteiger partial charge is 0.253 e. The van der Waals surface area contributed by atoms with E-state index in [1.165, 1.54) is 0 Å². The molecule has 19 heavy (non-hydrogen) atoms. The maximum absolute atomic E-state index is 12.3. The number of aryl methyl sites for hydroxylation is 1. The molecular formula is C15H23BrN2O. The molecule has 4 heteroatoms. The van der Waals surface area contributed by atoms with Gasteiger partial charge in [0.25, 0.3) is 5.91 Å². The Morgan fingerprint density at radius 1 is 1.37 bits per heavy atom. The molecule has 0 saturated carbocycles. The minimum absolute atomic E-state index is 0.0420. The van der Waals surface area contributed by atoms with Gasteiger partial charge in [-0.25, -0.2) is 0 Å². The summed E-state index contributed by atoms with van der Waals surface area (Å²) in [5.41, 5.74) is 7.80. The van der Waals surface area contributed by atoms with Gasteiger partial charge in [0.15, 0.2) is 0 Å². The first kappa shape index (κ1) is 16.2. The third kappa shape index (κ3) is 4.96. The van der Waals surface area contributed by atoms with Crippen LogP contribution in [0.15, 0.2) is 22.7 Å². The lowest BCUT2D eigenvalue weighted by Crippen LogP contribution is -2.34. The van der Waals surface area contributed by atoms with Crippen molar-refractivity contribution in [1.82, 2.24) is 4.90 Å². The van der Waals surface area contributed by atoms with E-state index in [4.69, 9.17) is 5.73 Å². The van der Waals surface area contributed by atoms with E-state index >= 15 is 0 Å². The van der Waals surface area contributed by atoms with E-state index in [1.54, 1.807) is 4.90 Å². The first-order valence-corrected chi connectivity index (χ1v) is 7.38. The van der Waals surface area contributed by atoms with E-state index in [0.29, 0.717) is 18.0 Å². The zero-order chi connectivity index (χ0) is 14.6. The Morgan fingerprint density at radius 2 is 2.00 bits per heavy atom. The second-order valence-corrected chi connectivity index (χ2v) is 6.36. The van der Waals surface area contributed by atoms with Gasteiger partial charge in [-0.1, -0.05) is 29.8 Å². The van der Waals surface area contributed by atoms with Crippen molar-refractivity contribution in [2.75, 3.05) is 13.6 Å². The van der Waals surface area contributed by atoms with E-state index < -0.39 is 0 Å². The molecule has 0 aromatic heterocycles. The molecule has 106 valence electrons. The lowest BCUT2D eigenvalue weighted by molar-refractivity contribution is 0.0789. The molecule has 0 aliphatic carbocycles. The molecule has 1 unspecified atom stereocenters. The van der Waals surface area contributed by atoms with Crippen molar-refractivity contribution in [3.8, 4) is 0 Å². The third-order valence-corrected chi connectivity index (χ3v) is 3.75. The Labute approximate surface area is 124 Å². The summed E-state index contributed by atoms with van der Waals surface area (Å²) in [5.74, 6) is 0.483. The van der Waals surface area contributed by atoms with E-state index in [-0.39, 0.29) is 11.9 Å². The molecule has 3 nitrogen and oxygen atoms in total. The quantitative estimate of drug-likeness (QED) is 0.903. The predicted molar refractivity (Wildman–Crippen MR) is 83.3 cm³/mol.